The standard InChI is InChI=1S/C12H16O6/c1-16-7-2-4-8(5-3-7)17-12-11(15)10(14)9(6-13)18-12/h2-5,9-15H,6H2,1H3/t9-,10-,11+,12-/m0/s1. The van der Waals surface area contributed by atoms with Gasteiger partial charge < -0.3 is 29.5 Å². The predicted molar refractivity (Wildman–Crippen MR) is 61.4 cm³/mol. The van der Waals surface area contributed by atoms with Gasteiger partial charge in [0, 0.05) is 0 Å². The van der Waals surface area contributed by atoms with Gasteiger partial charge in [0.2, 0.25) is 6.29 Å². The minimum Gasteiger partial charge on any atom is -0.497 e. The molecule has 1 aromatic rings. The van der Waals surface area contributed by atoms with Gasteiger partial charge in [-0.15, -0.1) is 0 Å². The van der Waals surface area contributed by atoms with Crippen molar-refractivity contribution in [3.8, 4) is 11.5 Å². The minimum absolute atomic E-state index is 0.374. The van der Waals surface area contributed by atoms with E-state index in [0.29, 0.717) is 11.5 Å². The van der Waals surface area contributed by atoms with Crippen LogP contribution in [0.15, 0.2) is 24.3 Å². The van der Waals surface area contributed by atoms with Crippen molar-refractivity contribution < 1.29 is 29.5 Å². The Kier molecular flexibility index (Phi) is 4.03. The van der Waals surface area contributed by atoms with Crippen molar-refractivity contribution >= 4 is 0 Å². The van der Waals surface area contributed by atoms with Gasteiger partial charge in [0.05, 0.1) is 13.7 Å². The summed E-state index contributed by atoms with van der Waals surface area (Å²) < 4.78 is 15.6. The first-order valence-corrected chi connectivity index (χ1v) is 5.59. The van der Waals surface area contributed by atoms with Gasteiger partial charge in [-0.1, -0.05) is 0 Å². The molecule has 0 bridgehead atoms. The lowest BCUT2D eigenvalue weighted by atomic mass is 10.1. The summed E-state index contributed by atoms with van der Waals surface area (Å²) >= 11 is 0. The topological polar surface area (TPSA) is 88.4 Å². The molecule has 6 nitrogen and oxygen atoms in total. The van der Waals surface area contributed by atoms with Crippen LogP contribution in [0.3, 0.4) is 0 Å². The summed E-state index contributed by atoms with van der Waals surface area (Å²) in [4.78, 5) is 0. The number of methoxy groups -OCH3 is 1. The Balaban J connectivity index is 2.00. The smallest absolute Gasteiger partial charge is 0.229 e. The van der Waals surface area contributed by atoms with Crippen molar-refractivity contribution in [3.05, 3.63) is 24.3 Å². The molecule has 0 radical (unpaired) electrons. The van der Waals surface area contributed by atoms with Crippen molar-refractivity contribution in [3.63, 3.8) is 0 Å². The normalized spacial score (nSPS) is 31.3. The number of aliphatic hydroxyl groups is 3. The maximum absolute atomic E-state index is 9.69. The molecule has 0 spiro atoms. The van der Waals surface area contributed by atoms with E-state index in [2.05, 4.69) is 0 Å². The second-order valence-electron chi connectivity index (χ2n) is 4.00. The van der Waals surface area contributed by atoms with Crippen LogP contribution in [0.25, 0.3) is 0 Å². The molecule has 0 amide bonds. The SMILES string of the molecule is COc1ccc(O[C@H]2O[C@@H](CO)[C@H](O)[C@H]2O)cc1. The molecule has 0 aliphatic carbocycles. The third-order valence-corrected chi connectivity index (χ3v) is 2.81. The molecule has 6 heteroatoms. The van der Waals surface area contributed by atoms with Gasteiger partial charge in [0.25, 0.3) is 0 Å². The highest BCUT2D eigenvalue weighted by atomic mass is 16.7. The van der Waals surface area contributed by atoms with Gasteiger partial charge in [0.15, 0.2) is 0 Å². The van der Waals surface area contributed by atoms with Gasteiger partial charge in [-0.2, -0.15) is 0 Å². The van der Waals surface area contributed by atoms with Crippen LogP contribution >= 0.6 is 0 Å². The largest absolute Gasteiger partial charge is 0.497 e. The Morgan fingerprint density at radius 1 is 1.11 bits per heavy atom. The molecule has 0 saturated carbocycles. The third-order valence-electron chi connectivity index (χ3n) is 2.81. The fraction of sp³-hybridized carbons (Fsp3) is 0.500. The molecule has 1 aliphatic rings. The number of rotatable bonds is 4. The highest BCUT2D eigenvalue weighted by Crippen LogP contribution is 2.25. The molecule has 1 aromatic carbocycles. The molecule has 1 heterocycles. The van der Waals surface area contributed by atoms with Crippen LogP contribution in [0.4, 0.5) is 0 Å². The zero-order valence-corrected chi connectivity index (χ0v) is 9.89. The molecule has 0 aromatic heterocycles. The van der Waals surface area contributed by atoms with E-state index in [1.54, 1.807) is 31.4 Å². The van der Waals surface area contributed by atoms with Gasteiger partial charge in [-0.25, -0.2) is 0 Å². The summed E-state index contributed by atoms with van der Waals surface area (Å²) in [5, 5.41) is 28.2. The summed E-state index contributed by atoms with van der Waals surface area (Å²) in [5.74, 6) is 1.16. The van der Waals surface area contributed by atoms with Crippen molar-refractivity contribution in [1.82, 2.24) is 0 Å². The van der Waals surface area contributed by atoms with Crippen molar-refractivity contribution in [2.45, 2.75) is 24.6 Å². The number of aliphatic hydroxyl groups excluding tert-OH is 3. The Bertz CT molecular complexity index is 379. The van der Waals surface area contributed by atoms with Crippen LogP contribution in [0.2, 0.25) is 0 Å². The minimum atomic E-state index is -1.19. The zero-order chi connectivity index (χ0) is 13.1. The van der Waals surface area contributed by atoms with Crippen LogP contribution in [0, 0.1) is 0 Å². The fourth-order valence-electron chi connectivity index (χ4n) is 1.75. The van der Waals surface area contributed by atoms with E-state index in [1.165, 1.54) is 0 Å². The number of hydrogen-bond acceptors (Lipinski definition) is 6. The molecular formula is C12H16O6. The average molecular weight is 256 g/mol. The van der Waals surface area contributed by atoms with Gasteiger partial charge in [0.1, 0.15) is 29.8 Å². The number of benzene rings is 1. The van der Waals surface area contributed by atoms with E-state index in [9.17, 15) is 10.2 Å². The Morgan fingerprint density at radius 2 is 1.72 bits per heavy atom. The fourth-order valence-corrected chi connectivity index (χ4v) is 1.75. The van der Waals surface area contributed by atoms with Crippen molar-refractivity contribution in [2.24, 2.45) is 0 Å². The highest BCUT2D eigenvalue weighted by Gasteiger charge is 2.43. The quantitative estimate of drug-likeness (QED) is 0.674. The summed E-state index contributed by atoms with van der Waals surface area (Å²) in [6, 6.07) is 6.73. The third kappa shape index (κ3) is 2.56. The van der Waals surface area contributed by atoms with E-state index in [0.717, 1.165) is 0 Å². The molecular weight excluding hydrogens is 240 g/mol. The molecule has 0 unspecified atom stereocenters. The van der Waals surface area contributed by atoms with Crippen molar-refractivity contribution in [2.75, 3.05) is 13.7 Å². The lowest BCUT2D eigenvalue weighted by Crippen LogP contribution is -2.35. The molecule has 4 atom stereocenters. The van der Waals surface area contributed by atoms with Gasteiger partial charge >= 0.3 is 0 Å². The second-order valence-corrected chi connectivity index (χ2v) is 4.00. The van der Waals surface area contributed by atoms with Crippen LogP contribution in [-0.4, -0.2) is 53.6 Å². The molecule has 2 rings (SSSR count). The molecule has 100 valence electrons. The maximum Gasteiger partial charge on any atom is 0.229 e. The summed E-state index contributed by atoms with van der Waals surface area (Å²) in [6.45, 7) is -0.374. The first-order chi connectivity index (χ1) is 8.65. The van der Waals surface area contributed by atoms with Crippen LogP contribution in [0.1, 0.15) is 0 Å². The van der Waals surface area contributed by atoms with Crippen LogP contribution in [0.5, 0.6) is 11.5 Å². The molecule has 1 fully saturated rings. The first-order valence-electron chi connectivity index (χ1n) is 5.59. The lowest BCUT2D eigenvalue weighted by molar-refractivity contribution is -0.116. The van der Waals surface area contributed by atoms with E-state index in [-0.39, 0.29) is 6.61 Å². The Labute approximate surface area is 104 Å². The van der Waals surface area contributed by atoms with Gasteiger partial charge in [-0.3, -0.25) is 0 Å². The van der Waals surface area contributed by atoms with E-state index in [1.807, 2.05) is 0 Å². The average Bonchev–Trinajstić information content (AvgIpc) is 2.67. The summed E-state index contributed by atoms with van der Waals surface area (Å²) in [7, 11) is 1.56. The lowest BCUT2D eigenvalue weighted by Gasteiger charge is -2.16. The van der Waals surface area contributed by atoms with Crippen molar-refractivity contribution in [1.29, 1.82) is 0 Å². The van der Waals surface area contributed by atoms with Crippen LogP contribution in [-0.2, 0) is 4.74 Å². The summed E-state index contributed by atoms with van der Waals surface area (Å²) in [6.07, 6.45) is -4.17. The zero-order valence-electron chi connectivity index (χ0n) is 9.89. The van der Waals surface area contributed by atoms with E-state index < -0.39 is 24.6 Å². The van der Waals surface area contributed by atoms with E-state index in [4.69, 9.17) is 19.3 Å². The summed E-state index contributed by atoms with van der Waals surface area (Å²) in [5.41, 5.74) is 0. The molecule has 1 saturated heterocycles. The second kappa shape index (κ2) is 5.53. The molecule has 3 N–H and O–H groups in total. The first kappa shape index (κ1) is 13.1. The number of hydrogen-bond donors (Lipinski definition) is 3. The maximum atomic E-state index is 9.69. The Hall–Kier alpha value is -1.34. The monoisotopic (exact) mass is 256 g/mol. The van der Waals surface area contributed by atoms with Crippen LogP contribution < -0.4 is 9.47 Å². The number of ether oxygens (including phenoxy) is 3. The highest BCUT2D eigenvalue weighted by molar-refractivity contribution is 5.31. The molecule has 1 aliphatic heterocycles. The Morgan fingerprint density at radius 3 is 2.22 bits per heavy atom. The predicted octanol–water partition coefficient (Wildman–Crippen LogP) is -0.487. The van der Waals surface area contributed by atoms with Gasteiger partial charge in [-0.05, 0) is 24.3 Å². The molecule has 18 heavy (non-hydrogen) atoms. The van der Waals surface area contributed by atoms with E-state index >= 15 is 0 Å².